The summed E-state index contributed by atoms with van der Waals surface area (Å²) in [6.07, 6.45) is 0.848. The molecule has 1 spiro atoms. The minimum absolute atomic E-state index is 0.144. The molecule has 2 aromatic carbocycles. The van der Waals surface area contributed by atoms with Crippen molar-refractivity contribution < 1.29 is 14.4 Å². The minimum Gasteiger partial charge on any atom is -0.324 e. The fourth-order valence-corrected chi connectivity index (χ4v) is 5.41. The van der Waals surface area contributed by atoms with E-state index in [4.69, 9.17) is 0 Å². The van der Waals surface area contributed by atoms with Crippen molar-refractivity contribution in [1.82, 2.24) is 10.2 Å². The standard InChI is InChI=1S/C24H25N3O3/c1-3-14(2)20-18-19(22(29)27(21(18)28)13-15-9-5-4-6-10-15)24(26-20)16-11-7-8-12-17(16)25-23(24)30/h4-12,14,18-20,26H,3,13H2,1-2H3,(H,25,30)/t14-,18+,19-,20-,24-/m0/s1. The van der Waals surface area contributed by atoms with Crippen molar-refractivity contribution in [3.05, 3.63) is 65.7 Å². The fraction of sp³-hybridized carbons (Fsp3) is 0.375. The first-order valence-corrected chi connectivity index (χ1v) is 10.6. The Morgan fingerprint density at radius 3 is 2.43 bits per heavy atom. The van der Waals surface area contributed by atoms with Gasteiger partial charge >= 0.3 is 0 Å². The summed E-state index contributed by atoms with van der Waals surface area (Å²) in [5.74, 6) is -1.83. The Balaban J connectivity index is 1.62. The minimum atomic E-state index is -1.20. The molecule has 0 radical (unpaired) electrons. The molecule has 3 aliphatic rings. The van der Waals surface area contributed by atoms with Crippen LogP contribution < -0.4 is 10.6 Å². The van der Waals surface area contributed by atoms with Gasteiger partial charge in [-0.05, 0) is 17.5 Å². The van der Waals surface area contributed by atoms with Crippen LogP contribution in [0.15, 0.2) is 54.6 Å². The maximum absolute atomic E-state index is 13.7. The van der Waals surface area contributed by atoms with Crippen LogP contribution >= 0.6 is 0 Å². The number of fused-ring (bicyclic) bond motifs is 4. The van der Waals surface area contributed by atoms with E-state index in [1.54, 1.807) is 0 Å². The van der Waals surface area contributed by atoms with Gasteiger partial charge in [-0.25, -0.2) is 0 Å². The highest BCUT2D eigenvalue weighted by Crippen LogP contribution is 2.54. The van der Waals surface area contributed by atoms with E-state index in [9.17, 15) is 14.4 Å². The molecule has 30 heavy (non-hydrogen) atoms. The Morgan fingerprint density at radius 1 is 1.00 bits per heavy atom. The van der Waals surface area contributed by atoms with E-state index >= 15 is 0 Å². The van der Waals surface area contributed by atoms with Crippen molar-refractivity contribution in [3.63, 3.8) is 0 Å². The van der Waals surface area contributed by atoms with Gasteiger partial charge in [-0.15, -0.1) is 0 Å². The van der Waals surface area contributed by atoms with Crippen LogP contribution in [0.2, 0.25) is 0 Å². The van der Waals surface area contributed by atoms with E-state index in [1.165, 1.54) is 4.90 Å². The molecule has 2 aromatic rings. The normalized spacial score (nSPS) is 30.5. The van der Waals surface area contributed by atoms with E-state index in [1.807, 2.05) is 54.6 Å². The van der Waals surface area contributed by atoms with Crippen molar-refractivity contribution in [2.45, 2.75) is 38.4 Å². The van der Waals surface area contributed by atoms with E-state index in [2.05, 4.69) is 24.5 Å². The molecule has 2 saturated heterocycles. The average molecular weight is 403 g/mol. The van der Waals surface area contributed by atoms with Gasteiger partial charge < -0.3 is 5.32 Å². The number of likely N-dealkylation sites (tertiary alicyclic amines) is 1. The molecule has 2 fully saturated rings. The predicted molar refractivity (Wildman–Crippen MR) is 112 cm³/mol. The van der Waals surface area contributed by atoms with Gasteiger partial charge in [0.1, 0.15) is 5.54 Å². The summed E-state index contributed by atoms with van der Waals surface area (Å²) in [5, 5.41) is 6.43. The van der Waals surface area contributed by atoms with Crippen LogP contribution in [-0.2, 0) is 26.5 Å². The lowest BCUT2D eigenvalue weighted by Gasteiger charge is -2.30. The molecule has 0 unspecified atom stereocenters. The summed E-state index contributed by atoms with van der Waals surface area (Å²) >= 11 is 0. The number of nitrogens with one attached hydrogen (secondary N) is 2. The van der Waals surface area contributed by atoms with Crippen LogP contribution in [-0.4, -0.2) is 28.7 Å². The third-order valence-electron chi connectivity index (χ3n) is 7.09. The smallest absolute Gasteiger partial charge is 0.250 e. The average Bonchev–Trinajstić information content (AvgIpc) is 3.35. The molecule has 3 aliphatic heterocycles. The van der Waals surface area contributed by atoms with Gasteiger partial charge in [0, 0.05) is 17.3 Å². The number of carbonyl (C=O) groups excluding carboxylic acids is 3. The maximum Gasteiger partial charge on any atom is 0.250 e. The third-order valence-corrected chi connectivity index (χ3v) is 7.09. The Hall–Kier alpha value is -2.99. The topological polar surface area (TPSA) is 78.5 Å². The summed E-state index contributed by atoms with van der Waals surface area (Å²) in [4.78, 5) is 41.9. The lowest BCUT2D eigenvalue weighted by atomic mass is 9.75. The van der Waals surface area contributed by atoms with Gasteiger partial charge in [-0.3, -0.25) is 24.6 Å². The van der Waals surface area contributed by atoms with Crippen molar-refractivity contribution in [1.29, 1.82) is 0 Å². The molecule has 5 atom stereocenters. The number of imide groups is 1. The second kappa shape index (κ2) is 6.77. The van der Waals surface area contributed by atoms with E-state index in [0.717, 1.165) is 17.5 Å². The molecule has 0 saturated carbocycles. The Morgan fingerprint density at radius 2 is 1.70 bits per heavy atom. The highest BCUT2D eigenvalue weighted by molar-refractivity contribution is 6.15. The van der Waals surface area contributed by atoms with Crippen LogP contribution in [0, 0.1) is 17.8 Å². The summed E-state index contributed by atoms with van der Waals surface area (Å²) in [6.45, 7) is 4.38. The molecule has 3 amide bonds. The molecule has 0 aliphatic carbocycles. The van der Waals surface area contributed by atoms with Gasteiger partial charge in [0.25, 0.3) is 0 Å². The quantitative estimate of drug-likeness (QED) is 0.770. The Kier molecular flexibility index (Phi) is 4.29. The predicted octanol–water partition coefficient (Wildman–Crippen LogP) is 2.65. The third kappa shape index (κ3) is 2.43. The number of hydrogen-bond acceptors (Lipinski definition) is 4. The second-order valence-corrected chi connectivity index (χ2v) is 8.62. The van der Waals surface area contributed by atoms with Gasteiger partial charge in [0.15, 0.2) is 0 Å². The summed E-state index contributed by atoms with van der Waals surface area (Å²) < 4.78 is 0. The van der Waals surface area contributed by atoms with E-state index in [-0.39, 0.29) is 36.2 Å². The van der Waals surface area contributed by atoms with Crippen LogP contribution in [0.5, 0.6) is 0 Å². The molecule has 6 heteroatoms. The van der Waals surface area contributed by atoms with Crippen molar-refractivity contribution in [2.24, 2.45) is 17.8 Å². The van der Waals surface area contributed by atoms with E-state index in [0.29, 0.717) is 5.69 Å². The van der Waals surface area contributed by atoms with Crippen LogP contribution in [0.25, 0.3) is 0 Å². The summed E-state index contributed by atoms with van der Waals surface area (Å²) in [7, 11) is 0. The number of rotatable bonds is 4. The SMILES string of the molecule is CC[C@H](C)[C@@H]1N[C@]2(C(=O)Nc3ccccc32)[C@@H]2C(=O)N(Cc3ccccc3)C(=O)[C@@H]12. The zero-order valence-electron chi connectivity index (χ0n) is 17.1. The number of hydrogen-bond donors (Lipinski definition) is 2. The molecule has 0 bridgehead atoms. The van der Waals surface area contributed by atoms with Gasteiger partial charge in [-0.2, -0.15) is 0 Å². The van der Waals surface area contributed by atoms with Crippen molar-refractivity contribution in [3.8, 4) is 0 Å². The summed E-state index contributed by atoms with van der Waals surface area (Å²) in [6, 6.07) is 16.7. The molecule has 154 valence electrons. The summed E-state index contributed by atoms with van der Waals surface area (Å²) in [5.41, 5.74) is 1.17. The van der Waals surface area contributed by atoms with Crippen molar-refractivity contribution in [2.75, 3.05) is 5.32 Å². The largest absolute Gasteiger partial charge is 0.324 e. The van der Waals surface area contributed by atoms with E-state index < -0.39 is 17.4 Å². The Labute approximate surface area is 175 Å². The zero-order chi connectivity index (χ0) is 21.0. The maximum atomic E-state index is 13.7. The monoisotopic (exact) mass is 403 g/mol. The van der Waals surface area contributed by atoms with Crippen LogP contribution in [0.1, 0.15) is 31.4 Å². The zero-order valence-corrected chi connectivity index (χ0v) is 17.1. The molecule has 5 rings (SSSR count). The first-order valence-electron chi connectivity index (χ1n) is 10.6. The number of amides is 3. The van der Waals surface area contributed by atoms with Crippen LogP contribution in [0.3, 0.4) is 0 Å². The first-order chi connectivity index (χ1) is 14.5. The van der Waals surface area contributed by atoms with Gasteiger partial charge in [0.2, 0.25) is 17.7 Å². The molecule has 3 heterocycles. The molecule has 0 aromatic heterocycles. The highest BCUT2D eigenvalue weighted by Gasteiger charge is 2.70. The first kappa shape index (κ1) is 19.0. The van der Waals surface area contributed by atoms with Crippen molar-refractivity contribution >= 4 is 23.4 Å². The lowest BCUT2D eigenvalue weighted by molar-refractivity contribution is -0.143. The Bertz CT molecular complexity index is 1040. The number of nitrogens with zero attached hydrogens (tertiary/aromatic N) is 1. The second-order valence-electron chi connectivity index (χ2n) is 8.62. The highest BCUT2D eigenvalue weighted by atomic mass is 16.2. The lowest BCUT2D eigenvalue weighted by Crippen LogP contribution is -2.54. The van der Waals surface area contributed by atoms with Gasteiger partial charge in [-0.1, -0.05) is 68.8 Å². The molecular formula is C24H25N3O3. The number of benzene rings is 2. The number of carbonyl (C=O) groups is 3. The number of para-hydroxylation sites is 1. The van der Waals surface area contributed by atoms with Crippen LogP contribution in [0.4, 0.5) is 5.69 Å². The number of anilines is 1. The molecule has 2 N–H and O–H groups in total. The molecule has 6 nitrogen and oxygen atoms in total. The fourth-order valence-electron chi connectivity index (χ4n) is 5.41. The van der Waals surface area contributed by atoms with Gasteiger partial charge in [0.05, 0.1) is 18.4 Å². The molecular weight excluding hydrogens is 378 g/mol.